The molecule has 0 amide bonds. The van der Waals surface area contributed by atoms with Gasteiger partial charge in [-0.05, 0) is 141 Å². The minimum Gasteiger partial charge on any atom is -0.462 e. The first-order valence-electron chi connectivity index (χ1n) is 31.3. The highest BCUT2D eigenvalue weighted by Crippen LogP contribution is 2.14. The molecule has 0 aromatic rings. The second-order valence-corrected chi connectivity index (χ2v) is 20.2. The lowest BCUT2D eigenvalue weighted by molar-refractivity contribution is -0.167. The van der Waals surface area contributed by atoms with Gasteiger partial charge in [-0.3, -0.25) is 14.4 Å². The maximum absolute atomic E-state index is 12.9. The molecule has 6 nitrogen and oxygen atoms in total. The van der Waals surface area contributed by atoms with E-state index in [1.54, 1.807) is 0 Å². The van der Waals surface area contributed by atoms with E-state index >= 15 is 0 Å². The fourth-order valence-corrected chi connectivity index (χ4v) is 8.17. The van der Waals surface area contributed by atoms with Crippen molar-refractivity contribution in [3.63, 3.8) is 0 Å². The molecule has 0 aliphatic rings. The zero-order chi connectivity index (χ0) is 55.7. The molecule has 0 spiro atoms. The van der Waals surface area contributed by atoms with Crippen LogP contribution in [-0.2, 0) is 28.6 Å². The number of carbonyl (C=O) groups excluding carboxylic acids is 3. The van der Waals surface area contributed by atoms with E-state index < -0.39 is 6.10 Å². The Hall–Kier alpha value is -4.71. The Bertz CT molecular complexity index is 1700. The molecule has 0 bridgehead atoms. The van der Waals surface area contributed by atoms with Gasteiger partial charge in [0.05, 0.1) is 0 Å². The van der Waals surface area contributed by atoms with Crippen LogP contribution >= 0.6 is 0 Å². The normalized spacial score (nSPS) is 13.1. The van der Waals surface area contributed by atoms with Crippen molar-refractivity contribution >= 4 is 17.9 Å². The lowest BCUT2D eigenvalue weighted by atomic mass is 10.0. The number of rotatable bonds is 55. The molecular formula is C71H114O6. The Labute approximate surface area is 474 Å². The van der Waals surface area contributed by atoms with Crippen LogP contribution in [0, 0.1) is 0 Å². The zero-order valence-corrected chi connectivity index (χ0v) is 49.7. The van der Waals surface area contributed by atoms with Gasteiger partial charge in [-0.2, -0.15) is 0 Å². The number of esters is 3. The summed E-state index contributed by atoms with van der Waals surface area (Å²) in [5, 5.41) is 0. The van der Waals surface area contributed by atoms with Gasteiger partial charge in [-0.25, -0.2) is 0 Å². The van der Waals surface area contributed by atoms with E-state index in [9.17, 15) is 14.4 Å². The van der Waals surface area contributed by atoms with Crippen LogP contribution in [0.5, 0.6) is 0 Å². The lowest BCUT2D eigenvalue weighted by Gasteiger charge is -2.18. The maximum Gasteiger partial charge on any atom is 0.306 e. The summed E-state index contributed by atoms with van der Waals surface area (Å²) in [6, 6.07) is 0. The van der Waals surface area contributed by atoms with E-state index in [0.717, 1.165) is 116 Å². The fraction of sp³-hybridized carbons (Fsp3) is 0.620. The van der Waals surface area contributed by atoms with E-state index in [-0.39, 0.29) is 37.5 Å². The molecule has 0 N–H and O–H groups in total. The van der Waals surface area contributed by atoms with E-state index in [1.165, 1.54) is 96.3 Å². The zero-order valence-electron chi connectivity index (χ0n) is 49.7. The monoisotopic (exact) mass is 1060 g/mol. The largest absolute Gasteiger partial charge is 0.462 e. The van der Waals surface area contributed by atoms with Gasteiger partial charge in [-0.15, -0.1) is 0 Å². The molecule has 0 aliphatic carbocycles. The second-order valence-electron chi connectivity index (χ2n) is 20.2. The third-order valence-corrected chi connectivity index (χ3v) is 12.8. The molecule has 0 rings (SSSR count). The summed E-state index contributed by atoms with van der Waals surface area (Å²) in [5.74, 6) is -1.01. The van der Waals surface area contributed by atoms with Crippen molar-refractivity contribution in [3.8, 4) is 0 Å². The topological polar surface area (TPSA) is 78.9 Å². The van der Waals surface area contributed by atoms with Crippen LogP contribution in [0.3, 0.4) is 0 Å². The number of ether oxygens (including phenoxy) is 3. The molecule has 77 heavy (non-hydrogen) atoms. The van der Waals surface area contributed by atoms with E-state index in [2.05, 4.69) is 167 Å². The van der Waals surface area contributed by atoms with Crippen molar-refractivity contribution in [3.05, 3.63) is 146 Å². The van der Waals surface area contributed by atoms with Gasteiger partial charge in [0.1, 0.15) is 13.2 Å². The molecule has 1 unspecified atom stereocenters. The number of allylic oxidation sites excluding steroid dienone is 24. The molecule has 0 saturated heterocycles. The molecule has 1 atom stereocenters. The molecule has 0 aromatic carbocycles. The number of hydrogen-bond donors (Lipinski definition) is 0. The first-order valence-corrected chi connectivity index (χ1v) is 31.3. The molecule has 0 saturated carbocycles. The third kappa shape index (κ3) is 62.0. The molecular weight excluding hydrogens is 949 g/mol. The summed E-state index contributed by atoms with van der Waals surface area (Å²) >= 11 is 0. The van der Waals surface area contributed by atoms with Gasteiger partial charge in [0, 0.05) is 19.3 Å². The third-order valence-electron chi connectivity index (χ3n) is 12.8. The van der Waals surface area contributed by atoms with Gasteiger partial charge in [0.15, 0.2) is 6.10 Å². The van der Waals surface area contributed by atoms with Crippen molar-refractivity contribution in [2.75, 3.05) is 13.2 Å². The SMILES string of the molecule is CC/C=C\C/C=C\C/C=C\C/C=C\C/C=C\C/C=C\CCCCC(=O)OC(COC(=O)CCCC/C=C\C/C=C\C/C=C\C/C=C\CC)COC(=O)CCCCCCCCCCCCC/C=C\C/C=C\CCCCCCC. The van der Waals surface area contributed by atoms with Crippen LogP contribution in [0.2, 0.25) is 0 Å². The molecule has 6 heteroatoms. The summed E-state index contributed by atoms with van der Waals surface area (Å²) in [5.41, 5.74) is 0. The molecule has 0 heterocycles. The van der Waals surface area contributed by atoms with Crippen LogP contribution in [-0.4, -0.2) is 37.2 Å². The van der Waals surface area contributed by atoms with Crippen molar-refractivity contribution in [2.45, 2.75) is 271 Å². The Balaban J connectivity index is 4.50. The van der Waals surface area contributed by atoms with Crippen molar-refractivity contribution in [1.29, 1.82) is 0 Å². The van der Waals surface area contributed by atoms with E-state index in [0.29, 0.717) is 25.7 Å². The Morgan fingerprint density at radius 1 is 0.273 bits per heavy atom. The van der Waals surface area contributed by atoms with Gasteiger partial charge in [-0.1, -0.05) is 250 Å². The van der Waals surface area contributed by atoms with Crippen molar-refractivity contribution < 1.29 is 28.6 Å². The van der Waals surface area contributed by atoms with Gasteiger partial charge < -0.3 is 14.2 Å². The summed E-state index contributed by atoms with van der Waals surface area (Å²) in [7, 11) is 0. The van der Waals surface area contributed by atoms with Crippen LogP contribution in [0.25, 0.3) is 0 Å². The fourth-order valence-electron chi connectivity index (χ4n) is 8.17. The van der Waals surface area contributed by atoms with Crippen LogP contribution in [0.4, 0.5) is 0 Å². The van der Waals surface area contributed by atoms with E-state index in [1.807, 2.05) is 0 Å². The Morgan fingerprint density at radius 3 is 0.818 bits per heavy atom. The number of hydrogen-bond acceptors (Lipinski definition) is 6. The predicted octanol–water partition coefficient (Wildman–Crippen LogP) is 21.5. The Morgan fingerprint density at radius 2 is 0.506 bits per heavy atom. The maximum atomic E-state index is 12.9. The summed E-state index contributed by atoms with van der Waals surface area (Å²) in [6.07, 6.45) is 91.4. The highest BCUT2D eigenvalue weighted by atomic mass is 16.6. The minimum absolute atomic E-state index is 0.115. The van der Waals surface area contributed by atoms with Gasteiger partial charge in [0.25, 0.3) is 0 Å². The average molecular weight is 1060 g/mol. The standard InChI is InChI=1S/C71H114O6/c1-4-7-10-13-16-19-22-25-28-30-32-34-35-37-38-40-43-46-49-52-55-58-61-64-70(73)76-67-68(66-75-69(72)63-60-57-54-51-48-45-42-27-24-21-18-15-12-9-6-3)77-71(74)65-62-59-56-53-50-47-44-41-39-36-33-31-29-26-23-20-17-14-11-8-5-2/h8-9,11-12,17-18,20-22,25-27,29-30,32-33,36,41-42,44,48,50-51,53,68H,4-7,10,13-16,19,23-24,28,31,34-35,37-40,43,45-47,49,52,54-67H2,1-3H3/b11-8-,12-9-,20-17-,21-18-,25-22-,29-26-,32-30-,36-33-,42-27-,44-41-,51-48-,53-50-. The summed E-state index contributed by atoms with van der Waals surface area (Å²) in [6.45, 7) is 6.33. The average Bonchev–Trinajstić information content (AvgIpc) is 3.43. The first kappa shape index (κ1) is 72.3. The van der Waals surface area contributed by atoms with Gasteiger partial charge >= 0.3 is 17.9 Å². The second kappa shape index (κ2) is 63.8. The van der Waals surface area contributed by atoms with Crippen molar-refractivity contribution in [1.82, 2.24) is 0 Å². The minimum atomic E-state index is -0.827. The quantitative estimate of drug-likeness (QED) is 0.0261. The van der Waals surface area contributed by atoms with Crippen molar-refractivity contribution in [2.24, 2.45) is 0 Å². The molecule has 0 fully saturated rings. The summed E-state index contributed by atoms with van der Waals surface area (Å²) in [4.78, 5) is 38.3. The molecule has 0 aromatic heterocycles. The summed E-state index contributed by atoms with van der Waals surface area (Å²) < 4.78 is 16.8. The molecule has 0 radical (unpaired) electrons. The predicted molar refractivity (Wildman–Crippen MR) is 334 cm³/mol. The van der Waals surface area contributed by atoms with Gasteiger partial charge in [0.2, 0.25) is 0 Å². The smallest absolute Gasteiger partial charge is 0.306 e. The van der Waals surface area contributed by atoms with Crippen LogP contribution in [0.15, 0.2) is 146 Å². The Kier molecular flexibility index (Phi) is 59.9. The number of carbonyl (C=O) groups is 3. The lowest BCUT2D eigenvalue weighted by Crippen LogP contribution is -2.30. The van der Waals surface area contributed by atoms with Crippen LogP contribution in [0.1, 0.15) is 265 Å². The molecule has 434 valence electrons. The van der Waals surface area contributed by atoms with E-state index in [4.69, 9.17) is 14.2 Å². The van der Waals surface area contributed by atoms with Crippen LogP contribution < -0.4 is 0 Å². The number of unbranched alkanes of at least 4 members (excludes halogenated alkanes) is 20. The highest BCUT2D eigenvalue weighted by Gasteiger charge is 2.19. The first-order chi connectivity index (χ1) is 38.0. The molecule has 0 aliphatic heterocycles. The highest BCUT2D eigenvalue weighted by molar-refractivity contribution is 5.71.